The van der Waals surface area contributed by atoms with E-state index in [1.807, 2.05) is 0 Å². The Bertz CT molecular complexity index is 499. The van der Waals surface area contributed by atoms with E-state index in [0.29, 0.717) is 13.1 Å². The summed E-state index contributed by atoms with van der Waals surface area (Å²) in [7, 11) is 0. The van der Waals surface area contributed by atoms with Crippen molar-refractivity contribution >= 4 is 11.8 Å². The predicted molar refractivity (Wildman–Crippen MR) is 79.5 cm³/mol. The third kappa shape index (κ3) is 5.81. The minimum absolute atomic E-state index is 0.108. The van der Waals surface area contributed by atoms with Crippen molar-refractivity contribution in [2.75, 3.05) is 13.2 Å². The van der Waals surface area contributed by atoms with Crippen molar-refractivity contribution in [2.45, 2.75) is 38.3 Å². The first kappa shape index (κ1) is 16.4. The first-order valence-corrected chi connectivity index (χ1v) is 7.53. The highest BCUT2D eigenvalue weighted by Gasteiger charge is 2.16. The summed E-state index contributed by atoms with van der Waals surface area (Å²) >= 11 is 0. The number of carbonyl (C=O) groups is 2. The summed E-state index contributed by atoms with van der Waals surface area (Å²) in [4.78, 5) is 23.3. The van der Waals surface area contributed by atoms with Gasteiger partial charge < -0.3 is 15.4 Å². The van der Waals surface area contributed by atoms with Crippen LogP contribution < -0.4 is 10.6 Å². The molecule has 1 aliphatic heterocycles. The van der Waals surface area contributed by atoms with Gasteiger partial charge in [0.1, 0.15) is 5.82 Å². The van der Waals surface area contributed by atoms with E-state index < -0.39 is 0 Å². The van der Waals surface area contributed by atoms with E-state index in [2.05, 4.69) is 10.6 Å². The molecule has 2 rings (SSSR count). The molecule has 0 spiro atoms. The van der Waals surface area contributed by atoms with Crippen molar-refractivity contribution in [3.05, 3.63) is 35.6 Å². The fourth-order valence-corrected chi connectivity index (χ4v) is 2.24. The number of hydrogen-bond acceptors (Lipinski definition) is 3. The number of ether oxygens (including phenoxy) is 1. The van der Waals surface area contributed by atoms with Gasteiger partial charge in [-0.1, -0.05) is 12.1 Å². The topological polar surface area (TPSA) is 67.4 Å². The molecule has 5 nitrogen and oxygen atoms in total. The maximum atomic E-state index is 12.7. The number of halogens is 1. The fourth-order valence-electron chi connectivity index (χ4n) is 2.24. The van der Waals surface area contributed by atoms with Gasteiger partial charge in [-0.3, -0.25) is 9.59 Å². The summed E-state index contributed by atoms with van der Waals surface area (Å²) in [6.07, 6.45) is 2.40. The summed E-state index contributed by atoms with van der Waals surface area (Å²) in [5.41, 5.74) is 0.817. The van der Waals surface area contributed by atoms with Crippen molar-refractivity contribution in [1.82, 2.24) is 10.6 Å². The van der Waals surface area contributed by atoms with E-state index in [1.165, 1.54) is 12.1 Å². The third-order valence-electron chi connectivity index (χ3n) is 3.53. The van der Waals surface area contributed by atoms with E-state index in [-0.39, 0.29) is 36.6 Å². The standard InChI is InChI=1S/C16H21FN2O3/c17-13-5-3-12(4-6-13)10-18-15(20)7-8-16(21)19-11-14-2-1-9-22-14/h3-6,14H,1-2,7-11H2,(H,18,20)(H,19,21)/t14-/m1/s1. The van der Waals surface area contributed by atoms with Crippen LogP contribution in [-0.2, 0) is 20.9 Å². The molecule has 1 aromatic carbocycles. The lowest BCUT2D eigenvalue weighted by Crippen LogP contribution is -2.32. The molecular formula is C16H21FN2O3. The van der Waals surface area contributed by atoms with Gasteiger partial charge in [-0.05, 0) is 30.5 Å². The molecule has 1 saturated heterocycles. The van der Waals surface area contributed by atoms with E-state index in [1.54, 1.807) is 12.1 Å². The number of amides is 2. The first-order valence-electron chi connectivity index (χ1n) is 7.53. The minimum atomic E-state index is -0.307. The van der Waals surface area contributed by atoms with E-state index in [4.69, 9.17) is 4.74 Å². The van der Waals surface area contributed by atoms with Gasteiger partial charge in [0, 0.05) is 32.5 Å². The molecule has 0 saturated carbocycles. The van der Waals surface area contributed by atoms with E-state index in [9.17, 15) is 14.0 Å². The van der Waals surface area contributed by atoms with Crippen LogP contribution >= 0.6 is 0 Å². The second kappa shape index (κ2) is 8.48. The molecule has 6 heteroatoms. The Morgan fingerprint density at radius 3 is 2.45 bits per heavy atom. The molecule has 1 fully saturated rings. The van der Waals surface area contributed by atoms with Crippen molar-refractivity contribution in [1.29, 1.82) is 0 Å². The molecule has 120 valence electrons. The van der Waals surface area contributed by atoms with Crippen LogP contribution in [0.5, 0.6) is 0 Å². The van der Waals surface area contributed by atoms with Crippen LogP contribution in [0.25, 0.3) is 0 Å². The zero-order valence-corrected chi connectivity index (χ0v) is 12.4. The lowest BCUT2D eigenvalue weighted by molar-refractivity contribution is -0.126. The van der Waals surface area contributed by atoms with Gasteiger partial charge in [0.15, 0.2) is 0 Å². The molecule has 0 aliphatic carbocycles. The zero-order chi connectivity index (χ0) is 15.8. The minimum Gasteiger partial charge on any atom is -0.376 e. The molecule has 1 aromatic rings. The van der Waals surface area contributed by atoms with E-state index >= 15 is 0 Å². The Morgan fingerprint density at radius 1 is 1.14 bits per heavy atom. The largest absolute Gasteiger partial charge is 0.376 e. The molecule has 0 aromatic heterocycles. The van der Waals surface area contributed by atoms with Crippen LogP contribution in [0, 0.1) is 5.82 Å². The highest BCUT2D eigenvalue weighted by atomic mass is 19.1. The first-order chi connectivity index (χ1) is 10.6. The molecule has 0 bridgehead atoms. The molecule has 22 heavy (non-hydrogen) atoms. The van der Waals surface area contributed by atoms with Crippen LogP contribution in [0.1, 0.15) is 31.2 Å². The summed E-state index contributed by atoms with van der Waals surface area (Å²) in [6.45, 7) is 1.60. The van der Waals surface area contributed by atoms with Crippen molar-refractivity contribution in [3.8, 4) is 0 Å². The average molecular weight is 308 g/mol. The number of benzene rings is 1. The molecule has 0 radical (unpaired) electrons. The Kier molecular flexibility index (Phi) is 6.33. The van der Waals surface area contributed by atoms with Crippen molar-refractivity contribution in [3.63, 3.8) is 0 Å². The van der Waals surface area contributed by atoms with E-state index in [0.717, 1.165) is 25.0 Å². The Morgan fingerprint density at radius 2 is 1.82 bits per heavy atom. The van der Waals surface area contributed by atoms with Crippen molar-refractivity contribution in [2.24, 2.45) is 0 Å². The molecule has 0 unspecified atom stereocenters. The smallest absolute Gasteiger partial charge is 0.220 e. The summed E-state index contributed by atoms with van der Waals surface area (Å²) < 4.78 is 18.1. The molecular weight excluding hydrogens is 287 g/mol. The van der Waals surface area contributed by atoms with Gasteiger partial charge in [-0.25, -0.2) is 4.39 Å². The zero-order valence-electron chi connectivity index (χ0n) is 12.4. The van der Waals surface area contributed by atoms with Gasteiger partial charge in [0.05, 0.1) is 6.10 Å². The monoisotopic (exact) mass is 308 g/mol. The lowest BCUT2D eigenvalue weighted by Gasteiger charge is -2.10. The van der Waals surface area contributed by atoms with Crippen LogP contribution in [0.4, 0.5) is 4.39 Å². The maximum absolute atomic E-state index is 12.7. The Hall–Kier alpha value is -1.95. The van der Waals surface area contributed by atoms with Crippen molar-refractivity contribution < 1.29 is 18.7 Å². The summed E-state index contributed by atoms with van der Waals surface area (Å²) in [6, 6.07) is 5.92. The molecule has 1 aliphatic rings. The highest BCUT2D eigenvalue weighted by Crippen LogP contribution is 2.10. The number of rotatable bonds is 7. The Labute approximate surface area is 129 Å². The second-order valence-corrected chi connectivity index (χ2v) is 5.34. The SMILES string of the molecule is O=C(CCC(=O)NC[C@H]1CCCO1)NCc1ccc(F)cc1. The average Bonchev–Trinajstić information content (AvgIpc) is 3.04. The van der Waals surface area contributed by atoms with Crippen LogP contribution in [0.15, 0.2) is 24.3 Å². The van der Waals surface area contributed by atoms with Gasteiger partial charge in [0.2, 0.25) is 11.8 Å². The van der Waals surface area contributed by atoms with Gasteiger partial charge in [-0.2, -0.15) is 0 Å². The highest BCUT2D eigenvalue weighted by molar-refractivity contribution is 5.83. The quantitative estimate of drug-likeness (QED) is 0.802. The number of hydrogen-bond donors (Lipinski definition) is 2. The molecule has 1 heterocycles. The normalized spacial score (nSPS) is 17.2. The molecule has 1 atom stereocenters. The van der Waals surface area contributed by atoms with Gasteiger partial charge in [-0.15, -0.1) is 0 Å². The second-order valence-electron chi connectivity index (χ2n) is 5.34. The predicted octanol–water partition coefficient (Wildman–Crippen LogP) is 1.52. The van der Waals surface area contributed by atoms with Gasteiger partial charge in [0.25, 0.3) is 0 Å². The Balaban J connectivity index is 1.58. The van der Waals surface area contributed by atoms with Crippen LogP contribution in [0.2, 0.25) is 0 Å². The lowest BCUT2D eigenvalue weighted by atomic mass is 10.2. The maximum Gasteiger partial charge on any atom is 0.220 e. The number of carbonyl (C=O) groups excluding carboxylic acids is 2. The fraction of sp³-hybridized carbons (Fsp3) is 0.500. The van der Waals surface area contributed by atoms with Gasteiger partial charge >= 0.3 is 0 Å². The molecule has 2 amide bonds. The van der Waals surface area contributed by atoms with Crippen LogP contribution in [0.3, 0.4) is 0 Å². The van der Waals surface area contributed by atoms with Crippen LogP contribution in [-0.4, -0.2) is 31.1 Å². The third-order valence-corrected chi connectivity index (χ3v) is 3.53. The number of nitrogens with one attached hydrogen (secondary N) is 2. The summed E-state index contributed by atoms with van der Waals surface area (Å²) in [5, 5.41) is 5.48. The molecule has 2 N–H and O–H groups in total. The summed E-state index contributed by atoms with van der Waals surface area (Å²) in [5.74, 6) is -0.651.